The van der Waals surface area contributed by atoms with Crippen molar-refractivity contribution >= 4 is 33.5 Å². The number of likely N-dealkylation sites (N-methyl/N-ethyl adjacent to an activating group) is 1. The van der Waals surface area contributed by atoms with Crippen LogP contribution in [-0.4, -0.2) is 68.6 Å². The number of hydrogen-bond acceptors (Lipinski definition) is 7. The van der Waals surface area contributed by atoms with Gasteiger partial charge in [0.15, 0.2) is 6.61 Å². The van der Waals surface area contributed by atoms with Crippen molar-refractivity contribution in [1.82, 2.24) is 9.62 Å². The molecule has 12 heteroatoms. The summed E-state index contributed by atoms with van der Waals surface area (Å²) in [4.78, 5) is 37.5. The van der Waals surface area contributed by atoms with Crippen molar-refractivity contribution in [2.45, 2.75) is 30.9 Å². The van der Waals surface area contributed by atoms with Crippen LogP contribution < -0.4 is 10.0 Å². The Kier molecular flexibility index (Phi) is 9.24. The number of aliphatic hydroxyl groups excluding tert-OH is 1. The highest BCUT2D eigenvalue weighted by molar-refractivity contribution is 7.89. The SMILES string of the molecule is Cc1ccc(S(=O)(=O)N[C@@H](C(=O)OCC(=O)N(C)CC(=O)Nc2ccc(F)cc2)[C@H](C)O)cc1. The molecule has 2 aromatic carbocycles. The number of aliphatic hydroxyl groups is 1. The molecule has 184 valence electrons. The van der Waals surface area contributed by atoms with Crippen LogP contribution in [0.25, 0.3) is 0 Å². The van der Waals surface area contributed by atoms with Gasteiger partial charge in [0.1, 0.15) is 11.9 Å². The third-order valence-corrected chi connectivity index (χ3v) is 6.08. The van der Waals surface area contributed by atoms with Gasteiger partial charge in [-0.25, -0.2) is 12.8 Å². The summed E-state index contributed by atoms with van der Waals surface area (Å²) in [5.74, 6) is -2.94. The van der Waals surface area contributed by atoms with Crippen LogP contribution in [0.3, 0.4) is 0 Å². The molecule has 2 amide bonds. The molecule has 3 N–H and O–H groups in total. The molecule has 0 unspecified atom stereocenters. The smallest absolute Gasteiger partial charge is 0.327 e. The number of carbonyl (C=O) groups is 3. The molecule has 10 nitrogen and oxygen atoms in total. The van der Waals surface area contributed by atoms with Crippen molar-refractivity contribution in [3.05, 3.63) is 59.9 Å². The summed E-state index contributed by atoms with van der Waals surface area (Å²) in [6, 6.07) is 9.21. The summed E-state index contributed by atoms with van der Waals surface area (Å²) >= 11 is 0. The number of nitrogens with one attached hydrogen (secondary N) is 2. The number of benzene rings is 2. The molecule has 0 aliphatic carbocycles. The second-order valence-corrected chi connectivity index (χ2v) is 9.28. The third kappa shape index (κ3) is 7.90. The molecule has 0 spiro atoms. The van der Waals surface area contributed by atoms with Gasteiger partial charge in [0.2, 0.25) is 15.9 Å². The van der Waals surface area contributed by atoms with Gasteiger partial charge in [0.25, 0.3) is 5.91 Å². The third-order valence-electron chi connectivity index (χ3n) is 4.62. The fourth-order valence-electron chi connectivity index (χ4n) is 2.67. The Morgan fingerprint density at radius 2 is 1.68 bits per heavy atom. The van der Waals surface area contributed by atoms with Crippen molar-refractivity contribution in [2.24, 2.45) is 0 Å². The minimum Gasteiger partial charge on any atom is -0.454 e. The zero-order valence-electron chi connectivity index (χ0n) is 18.8. The lowest BCUT2D eigenvalue weighted by Gasteiger charge is -2.21. The van der Waals surface area contributed by atoms with Gasteiger partial charge in [-0.05, 0) is 50.2 Å². The first-order valence-electron chi connectivity index (χ1n) is 10.1. The largest absolute Gasteiger partial charge is 0.454 e. The van der Waals surface area contributed by atoms with Gasteiger partial charge in [-0.1, -0.05) is 17.7 Å². The van der Waals surface area contributed by atoms with Crippen LogP contribution in [0.15, 0.2) is 53.4 Å². The van der Waals surface area contributed by atoms with E-state index in [0.717, 1.165) is 22.6 Å². The molecular weight excluding hydrogens is 469 g/mol. The highest BCUT2D eigenvalue weighted by Gasteiger charge is 2.31. The number of nitrogens with zero attached hydrogens (tertiary/aromatic N) is 1. The minimum atomic E-state index is -4.15. The molecule has 2 aromatic rings. The predicted octanol–water partition coefficient (Wildman–Crippen LogP) is 0.802. The number of sulfonamides is 1. The van der Waals surface area contributed by atoms with E-state index < -0.39 is 52.4 Å². The molecule has 0 saturated carbocycles. The molecule has 0 aliphatic rings. The first-order valence-corrected chi connectivity index (χ1v) is 11.6. The maximum atomic E-state index is 12.9. The van der Waals surface area contributed by atoms with Crippen molar-refractivity contribution in [3.63, 3.8) is 0 Å². The summed E-state index contributed by atoms with van der Waals surface area (Å²) in [6.45, 7) is 1.81. The second kappa shape index (κ2) is 11.7. The Balaban J connectivity index is 1.91. The number of hydrogen-bond donors (Lipinski definition) is 3. The number of halogens is 1. The number of esters is 1. The fourth-order valence-corrected chi connectivity index (χ4v) is 3.92. The van der Waals surface area contributed by atoms with Gasteiger partial charge in [-0.2, -0.15) is 4.72 Å². The molecule has 2 rings (SSSR count). The van der Waals surface area contributed by atoms with E-state index in [1.165, 1.54) is 38.2 Å². The van der Waals surface area contributed by atoms with Crippen molar-refractivity contribution in [2.75, 3.05) is 25.5 Å². The number of aryl methyl sites for hydroxylation is 1. The number of rotatable bonds is 10. The van der Waals surface area contributed by atoms with Crippen LogP contribution in [0, 0.1) is 12.7 Å². The van der Waals surface area contributed by atoms with Crippen LogP contribution in [0.4, 0.5) is 10.1 Å². The predicted molar refractivity (Wildman–Crippen MR) is 121 cm³/mol. The monoisotopic (exact) mass is 495 g/mol. The fraction of sp³-hybridized carbons (Fsp3) is 0.318. The van der Waals surface area contributed by atoms with Crippen molar-refractivity contribution < 1.29 is 37.0 Å². The number of amides is 2. The van der Waals surface area contributed by atoms with E-state index in [1.54, 1.807) is 19.1 Å². The second-order valence-electron chi connectivity index (χ2n) is 7.57. The van der Waals surface area contributed by atoms with Crippen LogP contribution in [0.2, 0.25) is 0 Å². The zero-order valence-corrected chi connectivity index (χ0v) is 19.6. The molecule has 2 atom stereocenters. The average Bonchev–Trinajstić information content (AvgIpc) is 2.77. The highest BCUT2D eigenvalue weighted by atomic mass is 32.2. The lowest BCUT2D eigenvalue weighted by Crippen LogP contribution is -2.49. The number of anilines is 1. The van der Waals surface area contributed by atoms with E-state index >= 15 is 0 Å². The normalized spacial score (nSPS) is 13.0. The summed E-state index contributed by atoms with van der Waals surface area (Å²) < 4.78 is 44.9. The van der Waals surface area contributed by atoms with Gasteiger partial charge in [0.05, 0.1) is 17.5 Å². The Morgan fingerprint density at radius 1 is 1.09 bits per heavy atom. The van der Waals surface area contributed by atoms with E-state index in [1.807, 2.05) is 0 Å². The van der Waals surface area contributed by atoms with E-state index in [2.05, 4.69) is 10.0 Å². The maximum absolute atomic E-state index is 12.9. The average molecular weight is 496 g/mol. The van der Waals surface area contributed by atoms with Gasteiger partial charge in [0, 0.05) is 12.7 Å². The molecule has 0 radical (unpaired) electrons. The quantitative estimate of drug-likeness (QED) is 0.414. The maximum Gasteiger partial charge on any atom is 0.327 e. The molecule has 0 aromatic heterocycles. The standard InChI is InChI=1S/C22H26FN3O7S/c1-14-4-10-18(11-5-14)34(31,32)25-21(15(2)27)22(30)33-13-20(29)26(3)12-19(28)24-17-8-6-16(23)7-9-17/h4-11,15,21,25,27H,12-13H2,1-3H3,(H,24,28)/t15-,21+/m0/s1. The van der Waals surface area contributed by atoms with Gasteiger partial charge in [-0.3, -0.25) is 14.4 Å². The first kappa shape index (κ1) is 26.9. The zero-order chi connectivity index (χ0) is 25.5. The van der Waals surface area contributed by atoms with Crippen LogP contribution in [0.1, 0.15) is 12.5 Å². The first-order chi connectivity index (χ1) is 15.9. The molecular formula is C22H26FN3O7S. The Hall–Kier alpha value is -3.35. The molecule has 0 bridgehead atoms. The Labute approximate surface area is 196 Å². The highest BCUT2D eigenvalue weighted by Crippen LogP contribution is 2.12. The van der Waals surface area contributed by atoms with Gasteiger partial charge < -0.3 is 20.1 Å². The summed E-state index contributed by atoms with van der Waals surface area (Å²) in [5, 5.41) is 12.4. The molecule has 34 heavy (non-hydrogen) atoms. The van der Waals surface area contributed by atoms with Crippen molar-refractivity contribution in [1.29, 1.82) is 0 Å². The minimum absolute atomic E-state index is 0.112. The van der Waals surface area contributed by atoms with E-state index in [4.69, 9.17) is 4.74 Å². The van der Waals surface area contributed by atoms with Gasteiger partial charge >= 0.3 is 5.97 Å². The Morgan fingerprint density at radius 3 is 2.24 bits per heavy atom. The topological polar surface area (TPSA) is 142 Å². The molecule has 0 aliphatic heterocycles. The molecule has 0 saturated heterocycles. The summed E-state index contributed by atoms with van der Waals surface area (Å²) in [5.41, 5.74) is 1.17. The van der Waals surface area contributed by atoms with E-state index in [0.29, 0.717) is 5.69 Å². The lowest BCUT2D eigenvalue weighted by molar-refractivity contribution is -0.155. The number of ether oxygens (including phenoxy) is 1. The summed E-state index contributed by atoms with van der Waals surface area (Å²) in [6.07, 6.45) is -1.46. The Bertz CT molecular complexity index is 1120. The molecule has 0 fully saturated rings. The van der Waals surface area contributed by atoms with E-state index in [-0.39, 0.29) is 11.4 Å². The van der Waals surface area contributed by atoms with Crippen LogP contribution >= 0.6 is 0 Å². The van der Waals surface area contributed by atoms with E-state index in [9.17, 15) is 32.3 Å². The van der Waals surface area contributed by atoms with Crippen molar-refractivity contribution in [3.8, 4) is 0 Å². The lowest BCUT2D eigenvalue weighted by atomic mass is 10.2. The van der Waals surface area contributed by atoms with Gasteiger partial charge in [-0.15, -0.1) is 0 Å². The van der Waals surface area contributed by atoms with Crippen LogP contribution in [0.5, 0.6) is 0 Å². The van der Waals surface area contributed by atoms with Crippen LogP contribution in [-0.2, 0) is 29.1 Å². The summed E-state index contributed by atoms with van der Waals surface area (Å²) in [7, 11) is -2.85. The molecule has 0 heterocycles. The number of carbonyl (C=O) groups excluding carboxylic acids is 3.